The Kier molecular flexibility index (Phi) is 4.78. The molecule has 1 saturated heterocycles. The molecular weight excluding hydrogens is 256 g/mol. The highest BCUT2D eigenvalue weighted by Crippen LogP contribution is 2.18. The van der Waals surface area contributed by atoms with E-state index in [0.29, 0.717) is 5.73 Å². The van der Waals surface area contributed by atoms with E-state index in [0.717, 1.165) is 6.61 Å². The van der Waals surface area contributed by atoms with Crippen molar-refractivity contribution in [1.82, 2.24) is 0 Å². The minimum absolute atomic E-state index is 0.368. The fourth-order valence-electron chi connectivity index (χ4n) is 2.39. The van der Waals surface area contributed by atoms with Crippen LogP contribution in [0.15, 0.2) is 30.3 Å². The zero-order valence-electron chi connectivity index (χ0n) is 11.7. The van der Waals surface area contributed by atoms with E-state index in [9.17, 15) is 0 Å². The van der Waals surface area contributed by atoms with Gasteiger partial charge in [-0.15, -0.1) is 0 Å². The van der Waals surface area contributed by atoms with E-state index >= 15 is 0 Å². The Morgan fingerprint density at radius 3 is 2.44 bits per heavy atom. The van der Waals surface area contributed by atoms with Crippen molar-refractivity contribution in [2.75, 3.05) is 6.61 Å². The quantitative estimate of drug-likeness (QED) is 0.789. The van der Waals surface area contributed by atoms with Crippen LogP contribution in [0.3, 0.4) is 0 Å². The Balaban J connectivity index is 2.17. The highest BCUT2D eigenvalue weighted by Gasteiger charge is 2.32. The molecule has 0 radical (unpaired) electrons. The van der Waals surface area contributed by atoms with E-state index < -0.39 is 17.4 Å². The molecule has 2 atom stereocenters. The molecule has 1 aromatic carbocycles. The fraction of sp³-hybridized carbons (Fsp3) is 0.571. The first-order valence-electron chi connectivity index (χ1n) is 6.91. The summed E-state index contributed by atoms with van der Waals surface area (Å²) in [4.78, 5) is 0. The molecule has 2 rings (SSSR count). The van der Waals surface area contributed by atoms with Gasteiger partial charge in [0.05, 0.1) is 5.73 Å². The first kappa shape index (κ1) is 14.0. The van der Waals surface area contributed by atoms with Gasteiger partial charge >= 0.3 is 0 Å². The average Bonchev–Trinajstić information content (AvgIpc) is 2.37. The number of benzene rings is 1. The standard InChI is InChI=1S/C14H24O2Si2/c1-18(2,3)16-17(13-9-5-4-6-10-13)14-11-7-8-12-15-14/h4-6,9-10,14,17H,7-8,11-12H2,1-3H3. The lowest BCUT2D eigenvalue weighted by Gasteiger charge is -2.34. The van der Waals surface area contributed by atoms with Gasteiger partial charge in [0.2, 0.25) is 9.04 Å². The van der Waals surface area contributed by atoms with Crippen molar-refractivity contribution in [1.29, 1.82) is 0 Å². The molecule has 1 aliphatic heterocycles. The molecule has 1 aromatic rings. The molecule has 0 aliphatic carbocycles. The van der Waals surface area contributed by atoms with Crippen molar-refractivity contribution < 1.29 is 8.85 Å². The second kappa shape index (κ2) is 6.15. The summed E-state index contributed by atoms with van der Waals surface area (Å²) >= 11 is 0. The van der Waals surface area contributed by atoms with Gasteiger partial charge in [-0.2, -0.15) is 0 Å². The molecule has 0 bridgehead atoms. The summed E-state index contributed by atoms with van der Waals surface area (Å²) in [6.45, 7) is 7.74. The molecule has 1 aliphatic rings. The molecule has 1 fully saturated rings. The van der Waals surface area contributed by atoms with Gasteiger partial charge in [0.15, 0.2) is 8.32 Å². The summed E-state index contributed by atoms with van der Waals surface area (Å²) in [5, 5.41) is 1.40. The molecule has 18 heavy (non-hydrogen) atoms. The first-order chi connectivity index (χ1) is 8.56. The number of ether oxygens (including phenoxy) is 1. The van der Waals surface area contributed by atoms with Gasteiger partial charge in [0, 0.05) is 6.61 Å². The maximum absolute atomic E-state index is 6.52. The summed E-state index contributed by atoms with van der Waals surface area (Å²) in [7, 11) is -2.96. The largest absolute Gasteiger partial charge is 0.453 e. The molecule has 0 saturated carbocycles. The third-order valence-electron chi connectivity index (χ3n) is 3.16. The zero-order chi connectivity index (χ0) is 13.0. The normalized spacial score (nSPS) is 22.7. The minimum Gasteiger partial charge on any atom is -0.453 e. The predicted molar refractivity (Wildman–Crippen MR) is 81.2 cm³/mol. The number of hydrogen-bond acceptors (Lipinski definition) is 2. The van der Waals surface area contributed by atoms with Gasteiger partial charge in [-0.25, -0.2) is 0 Å². The van der Waals surface area contributed by atoms with Gasteiger partial charge in [-0.3, -0.25) is 0 Å². The van der Waals surface area contributed by atoms with Crippen molar-refractivity contribution in [2.45, 2.75) is 44.6 Å². The van der Waals surface area contributed by atoms with Crippen LogP contribution < -0.4 is 5.19 Å². The summed E-state index contributed by atoms with van der Waals surface area (Å²) in [6.07, 6.45) is 3.67. The van der Waals surface area contributed by atoms with E-state index in [2.05, 4.69) is 50.0 Å². The smallest absolute Gasteiger partial charge is 0.225 e. The van der Waals surface area contributed by atoms with Crippen LogP contribution in [0, 0.1) is 0 Å². The molecule has 100 valence electrons. The lowest BCUT2D eigenvalue weighted by molar-refractivity contribution is 0.0572. The van der Waals surface area contributed by atoms with E-state index in [1.54, 1.807) is 0 Å². The molecule has 0 spiro atoms. The maximum Gasteiger partial charge on any atom is 0.225 e. The van der Waals surface area contributed by atoms with Crippen molar-refractivity contribution in [2.24, 2.45) is 0 Å². The van der Waals surface area contributed by atoms with Crippen LogP contribution in [0.2, 0.25) is 19.6 Å². The molecule has 0 N–H and O–H groups in total. The fourth-order valence-corrected chi connectivity index (χ4v) is 8.47. The Morgan fingerprint density at radius 1 is 1.17 bits per heavy atom. The Bertz CT molecular complexity index is 356. The van der Waals surface area contributed by atoms with Crippen LogP contribution in [0.25, 0.3) is 0 Å². The van der Waals surface area contributed by atoms with Gasteiger partial charge in [-0.1, -0.05) is 30.3 Å². The monoisotopic (exact) mass is 280 g/mol. The molecule has 1 heterocycles. The second-order valence-electron chi connectivity index (χ2n) is 5.97. The van der Waals surface area contributed by atoms with Crippen molar-refractivity contribution in [3.63, 3.8) is 0 Å². The Morgan fingerprint density at radius 2 is 1.89 bits per heavy atom. The van der Waals surface area contributed by atoms with Gasteiger partial charge in [0.1, 0.15) is 0 Å². The van der Waals surface area contributed by atoms with Crippen LogP contribution in [0.5, 0.6) is 0 Å². The van der Waals surface area contributed by atoms with E-state index in [1.165, 1.54) is 24.4 Å². The SMILES string of the molecule is C[Si](C)(C)O[SiH](c1ccccc1)C1CCCCO1. The minimum atomic E-state index is -1.51. The molecule has 2 nitrogen and oxygen atoms in total. The molecular formula is C14H24O2Si2. The second-order valence-corrected chi connectivity index (χ2v) is 13.4. The van der Waals surface area contributed by atoms with Gasteiger partial charge in [0.25, 0.3) is 0 Å². The maximum atomic E-state index is 6.52. The van der Waals surface area contributed by atoms with Crippen LogP contribution in [-0.2, 0) is 8.85 Å². The zero-order valence-corrected chi connectivity index (χ0v) is 13.8. The van der Waals surface area contributed by atoms with Gasteiger partial charge < -0.3 is 8.85 Å². The summed E-state index contributed by atoms with van der Waals surface area (Å²) in [5.74, 6) is 0. The predicted octanol–water partition coefficient (Wildman–Crippen LogP) is 2.58. The van der Waals surface area contributed by atoms with Crippen LogP contribution >= 0.6 is 0 Å². The summed E-state index contributed by atoms with van der Waals surface area (Å²) in [5.41, 5.74) is 0.368. The summed E-state index contributed by atoms with van der Waals surface area (Å²) < 4.78 is 12.5. The van der Waals surface area contributed by atoms with Crippen LogP contribution in [0.1, 0.15) is 19.3 Å². The third kappa shape index (κ3) is 4.05. The first-order valence-corrected chi connectivity index (χ1v) is 12.0. The van der Waals surface area contributed by atoms with Gasteiger partial charge in [-0.05, 0) is 44.1 Å². The van der Waals surface area contributed by atoms with Crippen molar-refractivity contribution >= 4 is 22.5 Å². The molecule has 0 amide bonds. The lowest BCUT2D eigenvalue weighted by atomic mass is 10.2. The molecule has 0 aromatic heterocycles. The highest BCUT2D eigenvalue weighted by molar-refractivity contribution is 6.82. The van der Waals surface area contributed by atoms with E-state index in [4.69, 9.17) is 8.85 Å². The van der Waals surface area contributed by atoms with Crippen LogP contribution in [-0.4, -0.2) is 29.7 Å². The number of hydrogen-bond donors (Lipinski definition) is 0. The Labute approximate surface area is 113 Å². The third-order valence-corrected chi connectivity index (χ3v) is 9.25. The van der Waals surface area contributed by atoms with E-state index in [-0.39, 0.29) is 0 Å². The molecule has 4 heteroatoms. The summed E-state index contributed by atoms with van der Waals surface area (Å²) in [6, 6.07) is 10.7. The highest BCUT2D eigenvalue weighted by atomic mass is 28.4. The average molecular weight is 281 g/mol. The number of rotatable bonds is 4. The van der Waals surface area contributed by atoms with Crippen LogP contribution in [0.4, 0.5) is 0 Å². The topological polar surface area (TPSA) is 18.5 Å². The van der Waals surface area contributed by atoms with E-state index in [1.807, 2.05) is 0 Å². The molecule has 2 unspecified atom stereocenters. The van der Waals surface area contributed by atoms with Crippen molar-refractivity contribution in [3.8, 4) is 0 Å². The van der Waals surface area contributed by atoms with Crippen molar-refractivity contribution in [3.05, 3.63) is 30.3 Å². The Hall–Kier alpha value is -0.426. The lowest BCUT2D eigenvalue weighted by Crippen LogP contribution is -2.52.